The van der Waals surface area contributed by atoms with Crippen LogP contribution in [0, 0.1) is 17.3 Å². The van der Waals surface area contributed by atoms with Gasteiger partial charge in [0.25, 0.3) is 0 Å². The summed E-state index contributed by atoms with van der Waals surface area (Å²) in [6.45, 7) is 12.2. The summed E-state index contributed by atoms with van der Waals surface area (Å²) in [4.78, 5) is 25.2. The van der Waals surface area contributed by atoms with Crippen LogP contribution in [0.25, 0.3) is 0 Å². The molecule has 0 aliphatic heterocycles. The van der Waals surface area contributed by atoms with Crippen molar-refractivity contribution >= 4 is 11.8 Å². The van der Waals surface area contributed by atoms with E-state index in [1.165, 1.54) is 11.6 Å². The molecule has 0 radical (unpaired) electrons. The van der Waals surface area contributed by atoms with Crippen molar-refractivity contribution in [2.24, 2.45) is 17.3 Å². The van der Waals surface area contributed by atoms with Crippen LogP contribution in [0.5, 0.6) is 0 Å². The normalized spacial score (nSPS) is 26.4. The van der Waals surface area contributed by atoms with Gasteiger partial charge in [-0.15, -0.1) is 0 Å². The molecule has 0 saturated carbocycles. The van der Waals surface area contributed by atoms with E-state index in [2.05, 4.69) is 26.8 Å². The summed E-state index contributed by atoms with van der Waals surface area (Å²) in [7, 11) is 0. The van der Waals surface area contributed by atoms with Crippen LogP contribution in [0.1, 0.15) is 67.2 Å². The minimum Gasteiger partial charge on any atom is -0.458 e. The highest BCUT2D eigenvalue weighted by Crippen LogP contribution is 2.53. The van der Waals surface area contributed by atoms with Gasteiger partial charge in [0.05, 0.1) is 6.61 Å². The molecule has 29 heavy (non-hydrogen) atoms. The monoisotopic (exact) mass is 400 g/mol. The third-order valence-electron chi connectivity index (χ3n) is 6.29. The highest BCUT2D eigenvalue weighted by atomic mass is 16.5. The second-order valence-corrected chi connectivity index (χ2v) is 9.35. The van der Waals surface area contributed by atoms with Gasteiger partial charge in [-0.3, -0.25) is 4.79 Å². The molecule has 0 amide bonds. The zero-order chi connectivity index (χ0) is 21.8. The molecule has 0 aromatic heterocycles. The van der Waals surface area contributed by atoms with Gasteiger partial charge >= 0.3 is 5.97 Å². The van der Waals surface area contributed by atoms with E-state index in [1.54, 1.807) is 0 Å². The number of carbonyl (C=O) groups is 2. The second-order valence-electron chi connectivity index (χ2n) is 9.35. The van der Waals surface area contributed by atoms with E-state index in [4.69, 9.17) is 4.74 Å². The van der Waals surface area contributed by atoms with Gasteiger partial charge in [-0.05, 0) is 77.2 Å². The average molecular weight is 401 g/mol. The number of carbonyl (C=O) groups excluding carboxylic acids is 2. The number of hydrogen-bond donors (Lipinski definition) is 1. The molecule has 0 aromatic carbocycles. The summed E-state index contributed by atoms with van der Waals surface area (Å²) in [6.07, 6.45) is 8.98. The topological polar surface area (TPSA) is 63.6 Å². The van der Waals surface area contributed by atoms with Crippen molar-refractivity contribution in [3.8, 4) is 0 Å². The number of aliphatic hydroxyl groups excluding tert-OH is 1. The quantitative estimate of drug-likeness (QED) is 0.367. The molecule has 0 spiro atoms. The average Bonchev–Trinajstić information content (AvgIpc) is 2.91. The number of aliphatic hydroxyl groups is 1. The zero-order valence-corrected chi connectivity index (χ0v) is 18.8. The van der Waals surface area contributed by atoms with Gasteiger partial charge in [-0.1, -0.05) is 35.8 Å². The van der Waals surface area contributed by atoms with Crippen molar-refractivity contribution in [3.63, 3.8) is 0 Å². The lowest BCUT2D eigenvalue weighted by Gasteiger charge is -2.38. The van der Waals surface area contributed by atoms with Crippen molar-refractivity contribution in [3.05, 3.63) is 46.1 Å². The fourth-order valence-electron chi connectivity index (χ4n) is 4.79. The summed E-state index contributed by atoms with van der Waals surface area (Å²) < 4.78 is 5.56. The summed E-state index contributed by atoms with van der Waals surface area (Å²) in [6, 6.07) is 0. The Morgan fingerprint density at radius 1 is 1.28 bits per heavy atom. The Morgan fingerprint density at radius 3 is 2.55 bits per heavy atom. The number of rotatable bonds is 7. The first kappa shape index (κ1) is 23.3. The van der Waals surface area contributed by atoms with Crippen molar-refractivity contribution in [2.45, 2.75) is 67.2 Å². The lowest BCUT2D eigenvalue weighted by molar-refractivity contribution is -0.137. The summed E-state index contributed by atoms with van der Waals surface area (Å²) in [5.74, 6) is -0.437. The fraction of sp³-hybridized carbons (Fsp3) is 0.600. The van der Waals surface area contributed by atoms with Crippen LogP contribution in [0.15, 0.2) is 46.1 Å². The first-order chi connectivity index (χ1) is 13.6. The standard InChI is InChI=1S/C25H36O4/c1-16(2)8-7-10-25(6)11-9-19(14-26)24(28)20-13-18(5)21(23(20)25)15-29-22(27)12-17(3)4/h8-9,12,20,23,26H,7,10-11,13-15H2,1-6H3/t20-,23+,25-/m0/s1. The van der Waals surface area contributed by atoms with Crippen LogP contribution in [0.4, 0.5) is 0 Å². The van der Waals surface area contributed by atoms with Gasteiger partial charge in [-0.2, -0.15) is 0 Å². The Hall–Kier alpha value is -1.94. The van der Waals surface area contributed by atoms with Crippen molar-refractivity contribution < 1.29 is 19.4 Å². The Bertz CT molecular complexity index is 773. The molecule has 2 aliphatic carbocycles. The van der Waals surface area contributed by atoms with Crippen LogP contribution in [-0.4, -0.2) is 30.1 Å². The zero-order valence-electron chi connectivity index (χ0n) is 18.8. The van der Waals surface area contributed by atoms with Crippen LogP contribution >= 0.6 is 0 Å². The molecule has 3 atom stereocenters. The molecule has 0 unspecified atom stereocenters. The molecule has 160 valence electrons. The Kier molecular flexibility index (Phi) is 7.81. The lowest BCUT2D eigenvalue weighted by Crippen LogP contribution is -2.35. The highest BCUT2D eigenvalue weighted by Gasteiger charge is 2.49. The maximum absolute atomic E-state index is 13.1. The van der Waals surface area contributed by atoms with Gasteiger partial charge in [0.15, 0.2) is 5.78 Å². The van der Waals surface area contributed by atoms with Crippen LogP contribution in [-0.2, 0) is 14.3 Å². The maximum atomic E-state index is 13.1. The molecule has 1 N–H and O–H groups in total. The van der Waals surface area contributed by atoms with Crippen molar-refractivity contribution in [1.29, 1.82) is 0 Å². The van der Waals surface area contributed by atoms with Crippen LogP contribution < -0.4 is 0 Å². The van der Waals surface area contributed by atoms with E-state index in [-0.39, 0.29) is 42.2 Å². The van der Waals surface area contributed by atoms with Crippen LogP contribution in [0.2, 0.25) is 0 Å². The highest BCUT2D eigenvalue weighted by molar-refractivity contribution is 5.98. The summed E-state index contributed by atoms with van der Waals surface area (Å²) in [5, 5.41) is 9.73. The number of hydrogen-bond acceptors (Lipinski definition) is 4. The summed E-state index contributed by atoms with van der Waals surface area (Å²) >= 11 is 0. The number of Topliss-reactive ketones (excluding diaryl/α,β-unsaturated/α-hetero) is 1. The van der Waals surface area contributed by atoms with Gasteiger partial charge in [0.2, 0.25) is 0 Å². The van der Waals surface area contributed by atoms with Gasteiger partial charge in [0.1, 0.15) is 6.61 Å². The molecule has 0 saturated heterocycles. The predicted molar refractivity (Wildman–Crippen MR) is 116 cm³/mol. The molecule has 0 bridgehead atoms. The Morgan fingerprint density at radius 2 is 1.97 bits per heavy atom. The van der Waals surface area contributed by atoms with Gasteiger partial charge in [-0.25, -0.2) is 4.79 Å². The fourth-order valence-corrected chi connectivity index (χ4v) is 4.79. The molecular formula is C25H36O4. The van der Waals surface area contributed by atoms with Crippen molar-refractivity contribution in [2.75, 3.05) is 13.2 Å². The molecule has 0 fully saturated rings. The molecule has 2 rings (SSSR count). The summed E-state index contributed by atoms with van der Waals surface area (Å²) in [5.41, 5.74) is 4.83. The van der Waals surface area contributed by atoms with E-state index >= 15 is 0 Å². The maximum Gasteiger partial charge on any atom is 0.330 e. The van der Waals surface area contributed by atoms with E-state index in [0.29, 0.717) is 12.0 Å². The van der Waals surface area contributed by atoms with E-state index in [0.717, 1.165) is 36.0 Å². The SMILES string of the molecule is CC(C)=CCC[C@@]1(C)CC=C(CO)C(=O)[C@H]2CC(C)=C(COC(=O)C=C(C)C)[C@@H]21. The smallest absolute Gasteiger partial charge is 0.330 e. The minimum atomic E-state index is -0.339. The molecule has 4 nitrogen and oxygen atoms in total. The van der Waals surface area contributed by atoms with Crippen LogP contribution in [0.3, 0.4) is 0 Å². The largest absolute Gasteiger partial charge is 0.458 e. The first-order valence-corrected chi connectivity index (χ1v) is 10.6. The second kappa shape index (κ2) is 9.71. The van der Waals surface area contributed by atoms with E-state index in [9.17, 15) is 14.7 Å². The van der Waals surface area contributed by atoms with Gasteiger partial charge in [0, 0.05) is 17.6 Å². The van der Waals surface area contributed by atoms with E-state index < -0.39 is 0 Å². The number of fused-ring (bicyclic) bond motifs is 1. The first-order valence-electron chi connectivity index (χ1n) is 10.6. The number of esters is 1. The molecule has 0 aromatic rings. The number of ketones is 1. The van der Waals surface area contributed by atoms with Crippen molar-refractivity contribution in [1.82, 2.24) is 0 Å². The third kappa shape index (κ3) is 5.57. The third-order valence-corrected chi connectivity index (χ3v) is 6.29. The molecule has 4 heteroatoms. The lowest BCUT2D eigenvalue weighted by atomic mass is 9.65. The molecule has 0 heterocycles. The molecule has 2 aliphatic rings. The molecular weight excluding hydrogens is 364 g/mol. The van der Waals surface area contributed by atoms with E-state index in [1.807, 2.05) is 26.8 Å². The number of allylic oxidation sites excluding steroid dienone is 5. The Balaban J connectivity index is 2.35. The Labute approximate surface area is 175 Å². The van der Waals surface area contributed by atoms with Gasteiger partial charge < -0.3 is 9.84 Å². The minimum absolute atomic E-state index is 0.0281. The predicted octanol–water partition coefficient (Wildman–Crippen LogP) is 5.09. The number of ether oxygens (including phenoxy) is 1.